The van der Waals surface area contributed by atoms with Crippen LogP contribution in [-0.4, -0.2) is 41.1 Å². The number of aliphatic imine (C=N–C) groups is 1. The van der Waals surface area contributed by atoms with Crippen LogP contribution in [0.1, 0.15) is 16.8 Å². The number of ketones is 1. The van der Waals surface area contributed by atoms with Gasteiger partial charge in [-0.1, -0.05) is 30.3 Å². The van der Waals surface area contributed by atoms with Crippen LogP contribution in [0.3, 0.4) is 0 Å². The van der Waals surface area contributed by atoms with Crippen molar-refractivity contribution in [2.24, 2.45) is 16.1 Å². The van der Waals surface area contributed by atoms with E-state index >= 15 is 0 Å². The number of nitrogens with zero attached hydrogens (tertiary/aromatic N) is 4. The number of thioether (sulfide) groups is 1. The second-order valence-electron chi connectivity index (χ2n) is 5.89. The molecular formula is C18H17N5OS. The first-order chi connectivity index (χ1) is 12.1. The zero-order valence-electron chi connectivity index (χ0n) is 13.6. The van der Waals surface area contributed by atoms with Gasteiger partial charge in [0.25, 0.3) is 0 Å². The predicted octanol–water partition coefficient (Wildman–Crippen LogP) is 1.92. The van der Waals surface area contributed by atoms with Crippen molar-refractivity contribution in [1.29, 1.82) is 10.5 Å². The van der Waals surface area contributed by atoms with E-state index in [0.29, 0.717) is 11.4 Å². The smallest absolute Gasteiger partial charge is 0.165 e. The third-order valence-corrected chi connectivity index (χ3v) is 5.37. The highest BCUT2D eigenvalue weighted by Gasteiger charge is 2.50. The van der Waals surface area contributed by atoms with Crippen molar-refractivity contribution in [3.05, 3.63) is 47.3 Å². The third kappa shape index (κ3) is 2.99. The molecule has 2 aliphatic heterocycles. The van der Waals surface area contributed by atoms with E-state index in [1.54, 1.807) is 24.3 Å². The molecule has 7 heteroatoms. The lowest BCUT2D eigenvalue weighted by Crippen LogP contribution is -2.47. The Morgan fingerprint density at radius 3 is 2.56 bits per heavy atom. The summed E-state index contributed by atoms with van der Waals surface area (Å²) < 4.78 is 0. The van der Waals surface area contributed by atoms with Crippen LogP contribution in [0.2, 0.25) is 0 Å². The van der Waals surface area contributed by atoms with Crippen LogP contribution in [0.15, 0.2) is 46.7 Å². The average molecular weight is 351 g/mol. The number of nitriles is 2. The summed E-state index contributed by atoms with van der Waals surface area (Å²) >= 11 is 1.83. The van der Waals surface area contributed by atoms with Crippen LogP contribution >= 0.6 is 11.8 Å². The minimum absolute atomic E-state index is 0.0399. The molecule has 2 heterocycles. The molecule has 0 spiro atoms. The second kappa shape index (κ2) is 7.00. The van der Waals surface area contributed by atoms with Gasteiger partial charge in [-0.2, -0.15) is 22.3 Å². The summed E-state index contributed by atoms with van der Waals surface area (Å²) in [5, 5.41) is 19.5. The molecular weight excluding hydrogens is 334 g/mol. The number of amidine groups is 1. The highest BCUT2D eigenvalue weighted by atomic mass is 32.2. The zero-order valence-corrected chi connectivity index (χ0v) is 14.4. The Morgan fingerprint density at radius 2 is 1.96 bits per heavy atom. The first kappa shape index (κ1) is 17.1. The van der Waals surface area contributed by atoms with Crippen molar-refractivity contribution in [2.75, 3.05) is 24.6 Å². The summed E-state index contributed by atoms with van der Waals surface area (Å²) in [6, 6.07) is 13.0. The fraction of sp³-hybridized carbons (Fsp3) is 0.333. The Morgan fingerprint density at radius 1 is 1.28 bits per heavy atom. The topological polar surface area (TPSA) is 106 Å². The summed E-state index contributed by atoms with van der Waals surface area (Å²) in [4.78, 5) is 19.1. The number of carbonyl (C=O) groups excluding carboxylic acids is 1. The molecule has 1 fully saturated rings. The first-order valence-corrected chi connectivity index (χ1v) is 9.09. The van der Waals surface area contributed by atoms with Gasteiger partial charge in [0.05, 0.1) is 6.07 Å². The van der Waals surface area contributed by atoms with Gasteiger partial charge in [0.15, 0.2) is 11.2 Å². The maximum Gasteiger partial charge on any atom is 0.165 e. The molecule has 0 bridgehead atoms. The number of carbonyl (C=O) groups is 1. The van der Waals surface area contributed by atoms with Gasteiger partial charge < -0.3 is 10.6 Å². The molecule has 0 amide bonds. The molecule has 0 aromatic heterocycles. The number of benzene rings is 1. The van der Waals surface area contributed by atoms with Crippen molar-refractivity contribution in [3.63, 3.8) is 0 Å². The molecule has 1 atom stereocenters. The van der Waals surface area contributed by atoms with Crippen LogP contribution in [0.4, 0.5) is 0 Å². The Bertz CT molecular complexity index is 827. The summed E-state index contributed by atoms with van der Waals surface area (Å²) in [6.45, 7) is 1.44. The van der Waals surface area contributed by atoms with E-state index in [1.165, 1.54) is 0 Å². The average Bonchev–Trinajstić information content (AvgIpc) is 2.94. The number of nitrogens with two attached hydrogens (primary N) is 1. The molecule has 1 aromatic carbocycles. The van der Waals surface area contributed by atoms with Gasteiger partial charge in [0.1, 0.15) is 23.3 Å². The summed E-state index contributed by atoms with van der Waals surface area (Å²) in [5.74, 6) is 2.10. The molecule has 1 unspecified atom stereocenters. The largest absolute Gasteiger partial charge is 0.383 e. The molecule has 126 valence electrons. The fourth-order valence-corrected chi connectivity index (χ4v) is 4.05. The fourth-order valence-electron chi connectivity index (χ4n) is 3.14. The van der Waals surface area contributed by atoms with Crippen LogP contribution in [0, 0.1) is 28.1 Å². The van der Waals surface area contributed by atoms with Crippen molar-refractivity contribution >= 4 is 23.4 Å². The standard InChI is InChI=1S/C18H17N5OS/c19-11-14-16(21)22-17(23-6-8-25-9-7-23)18(14,12-20)10-15(24)13-4-2-1-3-5-13/h1-5H,6-10,21H2. The third-order valence-electron chi connectivity index (χ3n) is 4.43. The van der Waals surface area contributed by atoms with E-state index in [1.807, 2.05) is 28.8 Å². The molecule has 0 aliphatic carbocycles. The second-order valence-corrected chi connectivity index (χ2v) is 7.11. The summed E-state index contributed by atoms with van der Waals surface area (Å²) in [7, 11) is 0. The Hall–Kier alpha value is -2.77. The van der Waals surface area contributed by atoms with E-state index in [4.69, 9.17) is 5.73 Å². The maximum absolute atomic E-state index is 12.8. The van der Waals surface area contributed by atoms with Crippen LogP contribution < -0.4 is 5.73 Å². The maximum atomic E-state index is 12.8. The molecule has 3 rings (SSSR count). The lowest BCUT2D eigenvalue weighted by molar-refractivity contribution is 0.0965. The van der Waals surface area contributed by atoms with Crippen molar-refractivity contribution < 1.29 is 4.79 Å². The van der Waals surface area contributed by atoms with Gasteiger partial charge in [-0.25, -0.2) is 4.99 Å². The molecule has 6 nitrogen and oxygen atoms in total. The van der Waals surface area contributed by atoms with E-state index < -0.39 is 5.41 Å². The van der Waals surface area contributed by atoms with E-state index in [9.17, 15) is 15.3 Å². The quantitative estimate of drug-likeness (QED) is 0.834. The Balaban J connectivity index is 1.99. The predicted molar refractivity (Wildman–Crippen MR) is 96.6 cm³/mol. The lowest BCUT2D eigenvalue weighted by atomic mass is 9.76. The van der Waals surface area contributed by atoms with E-state index in [2.05, 4.69) is 11.1 Å². The van der Waals surface area contributed by atoms with Crippen LogP contribution in [0.5, 0.6) is 0 Å². The van der Waals surface area contributed by atoms with Crippen LogP contribution in [0.25, 0.3) is 0 Å². The van der Waals surface area contributed by atoms with Crippen molar-refractivity contribution in [3.8, 4) is 12.1 Å². The van der Waals surface area contributed by atoms with Gasteiger partial charge in [-0.15, -0.1) is 0 Å². The minimum atomic E-state index is -1.41. The monoisotopic (exact) mass is 351 g/mol. The summed E-state index contributed by atoms with van der Waals surface area (Å²) in [6.07, 6.45) is -0.139. The molecule has 0 radical (unpaired) electrons. The van der Waals surface area contributed by atoms with Crippen LogP contribution in [-0.2, 0) is 0 Å². The number of rotatable bonds is 3. The molecule has 2 aliphatic rings. The number of hydrogen-bond donors (Lipinski definition) is 1. The number of Topliss-reactive ketones (excluding diaryl/α,β-unsaturated/α-hetero) is 1. The van der Waals surface area contributed by atoms with Crippen molar-refractivity contribution in [1.82, 2.24) is 4.90 Å². The summed E-state index contributed by atoms with van der Waals surface area (Å²) in [5.41, 5.74) is 5.10. The van der Waals surface area contributed by atoms with Gasteiger partial charge >= 0.3 is 0 Å². The molecule has 2 N–H and O–H groups in total. The minimum Gasteiger partial charge on any atom is -0.383 e. The molecule has 1 saturated heterocycles. The van der Waals surface area contributed by atoms with Gasteiger partial charge in [-0.3, -0.25) is 4.79 Å². The van der Waals surface area contributed by atoms with E-state index in [0.717, 1.165) is 24.6 Å². The molecule has 0 saturated carbocycles. The highest BCUT2D eigenvalue weighted by molar-refractivity contribution is 7.99. The van der Waals surface area contributed by atoms with Crippen molar-refractivity contribution in [2.45, 2.75) is 6.42 Å². The molecule has 25 heavy (non-hydrogen) atoms. The highest BCUT2D eigenvalue weighted by Crippen LogP contribution is 2.41. The van der Waals surface area contributed by atoms with Gasteiger partial charge in [-0.05, 0) is 0 Å². The van der Waals surface area contributed by atoms with Gasteiger partial charge in [0.2, 0.25) is 0 Å². The first-order valence-electron chi connectivity index (χ1n) is 7.94. The Labute approximate surface area is 150 Å². The van der Waals surface area contributed by atoms with E-state index in [-0.39, 0.29) is 23.6 Å². The normalized spacial score (nSPS) is 23.0. The molecule has 1 aromatic rings. The SMILES string of the molecule is N#CC1=C(N)N=C(N2CCSCC2)C1(C#N)CC(=O)c1ccccc1. The lowest BCUT2D eigenvalue weighted by Gasteiger charge is -2.34. The van der Waals surface area contributed by atoms with Gasteiger partial charge in [0, 0.05) is 36.6 Å². The Kier molecular flexibility index (Phi) is 4.78. The number of hydrogen-bond acceptors (Lipinski definition) is 7. The zero-order chi connectivity index (χ0) is 17.9.